The number of methoxy groups -OCH3 is 1. The molecule has 0 aliphatic carbocycles. The molecule has 1 aromatic heterocycles. The van der Waals surface area contributed by atoms with Gasteiger partial charge in [0.1, 0.15) is 17.2 Å². The Hall–Kier alpha value is -1.65. The minimum atomic E-state index is -0.397. The van der Waals surface area contributed by atoms with E-state index in [2.05, 4.69) is 28.7 Å². The molecule has 0 saturated heterocycles. The van der Waals surface area contributed by atoms with Gasteiger partial charge < -0.3 is 9.64 Å². The second-order valence-corrected chi connectivity index (χ2v) is 4.19. The van der Waals surface area contributed by atoms with Gasteiger partial charge in [-0.25, -0.2) is 14.8 Å². The second-order valence-electron chi connectivity index (χ2n) is 4.19. The maximum absolute atomic E-state index is 11.7. The smallest absolute Gasteiger partial charge is 0.343 e. The van der Waals surface area contributed by atoms with Gasteiger partial charge in [-0.3, -0.25) is 0 Å². The third kappa shape index (κ3) is 2.97. The molecule has 0 aliphatic heterocycles. The summed E-state index contributed by atoms with van der Waals surface area (Å²) in [6, 6.07) is 0.313. The number of carbonyl (C=O) groups is 1. The van der Waals surface area contributed by atoms with Crippen molar-refractivity contribution in [3.63, 3.8) is 0 Å². The molecule has 1 unspecified atom stereocenters. The van der Waals surface area contributed by atoms with Gasteiger partial charge in [-0.05, 0) is 27.2 Å². The lowest BCUT2D eigenvalue weighted by molar-refractivity contribution is 0.0600. The molecule has 1 atom stereocenters. The van der Waals surface area contributed by atoms with Gasteiger partial charge in [0.05, 0.1) is 7.11 Å². The summed E-state index contributed by atoms with van der Waals surface area (Å²) >= 11 is 0. The highest BCUT2D eigenvalue weighted by Gasteiger charge is 2.21. The van der Waals surface area contributed by atoms with Crippen molar-refractivity contribution in [2.24, 2.45) is 0 Å². The summed E-state index contributed by atoms with van der Waals surface area (Å²) in [5.74, 6) is 0.914. The zero-order chi connectivity index (χ0) is 13.7. The van der Waals surface area contributed by atoms with Gasteiger partial charge in [-0.1, -0.05) is 6.92 Å². The number of esters is 1. The molecule has 100 valence electrons. The highest BCUT2D eigenvalue weighted by Crippen LogP contribution is 2.21. The molecule has 0 saturated carbocycles. The van der Waals surface area contributed by atoms with Crippen LogP contribution in [-0.4, -0.2) is 35.6 Å². The second kappa shape index (κ2) is 6.33. The van der Waals surface area contributed by atoms with Crippen LogP contribution in [0.2, 0.25) is 0 Å². The van der Waals surface area contributed by atoms with Gasteiger partial charge in [0.2, 0.25) is 0 Å². The van der Waals surface area contributed by atoms with Crippen LogP contribution in [0.4, 0.5) is 5.82 Å². The predicted molar refractivity (Wildman–Crippen MR) is 70.9 cm³/mol. The molecule has 18 heavy (non-hydrogen) atoms. The van der Waals surface area contributed by atoms with E-state index < -0.39 is 5.97 Å². The van der Waals surface area contributed by atoms with Crippen molar-refractivity contribution in [2.45, 2.75) is 40.2 Å². The van der Waals surface area contributed by atoms with Crippen molar-refractivity contribution in [1.29, 1.82) is 0 Å². The van der Waals surface area contributed by atoms with Crippen LogP contribution in [0.3, 0.4) is 0 Å². The number of hydrogen-bond donors (Lipinski definition) is 0. The minimum Gasteiger partial charge on any atom is -0.465 e. The summed E-state index contributed by atoms with van der Waals surface area (Å²) in [5, 5.41) is 0. The Bertz CT molecular complexity index is 421. The summed E-state index contributed by atoms with van der Waals surface area (Å²) in [5.41, 5.74) is 0.422. The van der Waals surface area contributed by atoms with Gasteiger partial charge in [-0.2, -0.15) is 0 Å². The number of hydrogen-bond acceptors (Lipinski definition) is 5. The number of nitrogens with zero attached hydrogens (tertiary/aromatic N) is 3. The van der Waals surface area contributed by atoms with E-state index in [0.29, 0.717) is 23.2 Å². The quantitative estimate of drug-likeness (QED) is 0.751. The van der Waals surface area contributed by atoms with Gasteiger partial charge in [0.25, 0.3) is 0 Å². The van der Waals surface area contributed by atoms with Crippen molar-refractivity contribution < 1.29 is 9.53 Å². The lowest BCUT2D eigenvalue weighted by Gasteiger charge is -2.29. The molecule has 1 heterocycles. The van der Waals surface area contributed by atoms with Crippen molar-refractivity contribution in [3.8, 4) is 0 Å². The zero-order valence-corrected chi connectivity index (χ0v) is 11.7. The molecule has 0 radical (unpaired) electrons. The van der Waals surface area contributed by atoms with Gasteiger partial charge in [-0.15, -0.1) is 0 Å². The van der Waals surface area contributed by atoms with E-state index in [0.717, 1.165) is 13.0 Å². The average molecular weight is 251 g/mol. The lowest BCUT2D eigenvalue weighted by Crippen LogP contribution is -2.34. The van der Waals surface area contributed by atoms with Crippen molar-refractivity contribution in [1.82, 2.24) is 9.97 Å². The first kappa shape index (κ1) is 14.4. The van der Waals surface area contributed by atoms with Gasteiger partial charge in [0, 0.05) is 18.8 Å². The lowest BCUT2D eigenvalue weighted by atomic mass is 10.2. The van der Waals surface area contributed by atoms with Crippen LogP contribution in [0.25, 0.3) is 0 Å². The highest BCUT2D eigenvalue weighted by atomic mass is 16.5. The maximum Gasteiger partial charge on any atom is 0.343 e. The van der Waals surface area contributed by atoms with Crippen LogP contribution in [0.1, 0.15) is 43.4 Å². The minimum absolute atomic E-state index is 0.313. The Labute approximate surface area is 108 Å². The number of rotatable bonds is 5. The van der Waals surface area contributed by atoms with Crippen LogP contribution in [-0.2, 0) is 4.74 Å². The molecule has 0 bridgehead atoms. The monoisotopic (exact) mass is 251 g/mol. The summed E-state index contributed by atoms with van der Waals surface area (Å²) in [4.78, 5) is 22.3. The van der Waals surface area contributed by atoms with E-state index >= 15 is 0 Å². The van der Waals surface area contributed by atoms with Crippen LogP contribution in [0.15, 0.2) is 6.20 Å². The van der Waals surface area contributed by atoms with E-state index in [-0.39, 0.29) is 0 Å². The van der Waals surface area contributed by atoms with E-state index in [4.69, 9.17) is 4.74 Å². The Morgan fingerprint density at radius 2 is 2.17 bits per heavy atom. The van der Waals surface area contributed by atoms with Crippen molar-refractivity contribution >= 4 is 11.8 Å². The Kier molecular flexibility index (Phi) is 5.07. The number of ether oxygens (including phenoxy) is 1. The van der Waals surface area contributed by atoms with Crippen LogP contribution < -0.4 is 4.90 Å². The third-order valence-corrected chi connectivity index (χ3v) is 3.03. The van der Waals surface area contributed by atoms with Crippen LogP contribution in [0, 0.1) is 6.92 Å². The molecule has 1 rings (SSSR count). The Morgan fingerprint density at radius 3 is 2.67 bits per heavy atom. The fourth-order valence-corrected chi connectivity index (χ4v) is 1.82. The topological polar surface area (TPSA) is 55.3 Å². The Morgan fingerprint density at radius 1 is 1.50 bits per heavy atom. The van der Waals surface area contributed by atoms with E-state index in [1.54, 1.807) is 0 Å². The molecule has 5 nitrogen and oxygen atoms in total. The maximum atomic E-state index is 11.7. The first-order chi connectivity index (χ1) is 8.54. The van der Waals surface area contributed by atoms with E-state index in [1.165, 1.54) is 13.3 Å². The van der Waals surface area contributed by atoms with Crippen LogP contribution >= 0.6 is 0 Å². The van der Waals surface area contributed by atoms with Gasteiger partial charge in [0.15, 0.2) is 0 Å². The van der Waals surface area contributed by atoms with E-state index in [1.807, 2.05) is 13.8 Å². The number of aryl methyl sites for hydroxylation is 1. The summed E-state index contributed by atoms with van der Waals surface area (Å²) in [7, 11) is 1.37. The fraction of sp³-hybridized carbons (Fsp3) is 0.615. The molecule has 0 fully saturated rings. The van der Waals surface area contributed by atoms with Crippen molar-refractivity contribution in [2.75, 3.05) is 18.6 Å². The SMILES string of the molecule is CCC(C)N(CC)c1nc(C)ncc1C(=O)OC. The molecule has 5 heteroatoms. The average Bonchev–Trinajstić information content (AvgIpc) is 2.38. The number of anilines is 1. The fourth-order valence-electron chi connectivity index (χ4n) is 1.82. The third-order valence-electron chi connectivity index (χ3n) is 3.03. The van der Waals surface area contributed by atoms with Gasteiger partial charge >= 0.3 is 5.97 Å². The highest BCUT2D eigenvalue weighted by molar-refractivity contribution is 5.94. The molecule has 0 aliphatic rings. The first-order valence-corrected chi connectivity index (χ1v) is 6.23. The largest absolute Gasteiger partial charge is 0.465 e. The summed E-state index contributed by atoms with van der Waals surface area (Å²) in [6.45, 7) is 8.87. The first-order valence-electron chi connectivity index (χ1n) is 6.23. The number of carbonyl (C=O) groups excluding carboxylic acids is 1. The normalized spacial score (nSPS) is 12.1. The molecular formula is C13H21N3O2. The molecule has 0 N–H and O–H groups in total. The Balaban J connectivity index is 3.26. The molecule has 1 aromatic rings. The number of aromatic nitrogens is 2. The summed E-state index contributed by atoms with van der Waals surface area (Å²) < 4.78 is 4.78. The molecule has 0 aromatic carbocycles. The predicted octanol–water partition coefficient (Wildman–Crippen LogP) is 2.20. The zero-order valence-electron chi connectivity index (χ0n) is 11.7. The van der Waals surface area contributed by atoms with Crippen LogP contribution in [0.5, 0.6) is 0 Å². The molecule has 0 amide bonds. The van der Waals surface area contributed by atoms with Crippen molar-refractivity contribution in [3.05, 3.63) is 17.6 Å². The van der Waals surface area contributed by atoms with E-state index in [9.17, 15) is 4.79 Å². The molecule has 0 spiro atoms. The standard InChI is InChI=1S/C13H21N3O2/c1-6-9(3)16(7-2)12-11(13(17)18-5)8-14-10(4)15-12/h8-9H,6-7H2,1-5H3. The molecular weight excluding hydrogens is 230 g/mol. The summed E-state index contributed by atoms with van der Waals surface area (Å²) in [6.07, 6.45) is 2.52.